The Kier molecular flexibility index (Phi) is 7.18. The lowest BCUT2D eigenvalue weighted by atomic mass is 9.95. The number of nitrogens with one attached hydrogen (secondary N) is 3. The second-order valence-electron chi connectivity index (χ2n) is 6.92. The third kappa shape index (κ3) is 5.88. The second-order valence-corrected chi connectivity index (χ2v) is 7.76. The van der Waals surface area contributed by atoms with Gasteiger partial charge in [0.2, 0.25) is 5.91 Å². The normalized spacial score (nSPS) is 14.4. The summed E-state index contributed by atoms with van der Waals surface area (Å²) in [7, 11) is 0. The van der Waals surface area contributed by atoms with E-state index >= 15 is 0 Å². The third-order valence-electron chi connectivity index (χ3n) is 4.71. The summed E-state index contributed by atoms with van der Waals surface area (Å²) in [5, 5.41) is 9.79. The molecule has 0 bridgehead atoms. The van der Waals surface area contributed by atoms with Gasteiger partial charge in [-0.2, -0.15) is 0 Å². The van der Waals surface area contributed by atoms with Crippen molar-refractivity contribution in [1.29, 1.82) is 0 Å². The number of anilines is 2. The minimum atomic E-state index is -0.235. The quantitative estimate of drug-likeness (QED) is 0.609. The molecule has 0 aromatic heterocycles. The maximum absolute atomic E-state index is 12.6. The van der Waals surface area contributed by atoms with E-state index in [9.17, 15) is 9.59 Å². The van der Waals surface area contributed by atoms with Gasteiger partial charge in [-0.1, -0.05) is 48.5 Å². The number of carbonyl (C=O) groups is 2. The van der Waals surface area contributed by atoms with Crippen LogP contribution in [0.1, 0.15) is 42.5 Å². The van der Waals surface area contributed by atoms with Crippen LogP contribution < -0.4 is 16.0 Å². The first-order chi connectivity index (χ1) is 13.5. The standard InChI is InChI=1S/C21H23Cl2N3O2/c22-14-5-4-8-16(11-14)24-13-20(27)25-17-9-10-19(23)18(12-17)21(28)26-15-6-2-1-3-7-15/h4-5,8-12,15,24H,1-3,6-7,13H2,(H,25,27)(H,26,28). The van der Waals surface area contributed by atoms with Crippen LogP contribution in [0.3, 0.4) is 0 Å². The number of amides is 2. The van der Waals surface area contributed by atoms with Crippen LogP contribution in [0, 0.1) is 0 Å². The summed E-state index contributed by atoms with van der Waals surface area (Å²) in [6.45, 7) is 0.0760. The first-order valence-corrected chi connectivity index (χ1v) is 10.2. The largest absolute Gasteiger partial charge is 0.376 e. The minimum absolute atomic E-state index is 0.0760. The fourth-order valence-electron chi connectivity index (χ4n) is 3.27. The molecule has 0 atom stereocenters. The highest BCUT2D eigenvalue weighted by Crippen LogP contribution is 2.23. The van der Waals surface area contributed by atoms with Gasteiger partial charge < -0.3 is 16.0 Å². The maximum Gasteiger partial charge on any atom is 0.253 e. The summed E-state index contributed by atoms with van der Waals surface area (Å²) in [5.74, 6) is -0.439. The average Bonchev–Trinajstić information content (AvgIpc) is 2.69. The Morgan fingerprint density at radius 2 is 1.75 bits per heavy atom. The van der Waals surface area contributed by atoms with Gasteiger partial charge >= 0.3 is 0 Å². The summed E-state index contributed by atoms with van der Waals surface area (Å²) in [5.41, 5.74) is 1.65. The number of carbonyl (C=O) groups excluding carboxylic acids is 2. The topological polar surface area (TPSA) is 70.2 Å². The van der Waals surface area contributed by atoms with Crippen LogP contribution >= 0.6 is 23.2 Å². The van der Waals surface area contributed by atoms with Crippen molar-refractivity contribution in [2.24, 2.45) is 0 Å². The van der Waals surface area contributed by atoms with Gasteiger partial charge in [0.15, 0.2) is 0 Å². The van der Waals surface area contributed by atoms with Crippen LogP contribution in [-0.4, -0.2) is 24.4 Å². The third-order valence-corrected chi connectivity index (χ3v) is 5.28. The van der Waals surface area contributed by atoms with Crippen LogP contribution in [-0.2, 0) is 4.79 Å². The van der Waals surface area contributed by atoms with Crippen molar-refractivity contribution in [3.63, 3.8) is 0 Å². The van der Waals surface area contributed by atoms with Gasteiger partial charge in [0, 0.05) is 22.4 Å². The van der Waals surface area contributed by atoms with E-state index in [1.165, 1.54) is 6.42 Å². The smallest absolute Gasteiger partial charge is 0.253 e. The lowest BCUT2D eigenvalue weighted by molar-refractivity contribution is -0.114. The zero-order chi connectivity index (χ0) is 19.9. The van der Waals surface area contributed by atoms with E-state index in [1.807, 2.05) is 6.07 Å². The number of benzene rings is 2. The molecule has 28 heavy (non-hydrogen) atoms. The zero-order valence-corrected chi connectivity index (χ0v) is 16.9. The molecule has 7 heteroatoms. The van der Waals surface area contributed by atoms with Crippen LogP contribution in [0.4, 0.5) is 11.4 Å². The van der Waals surface area contributed by atoms with Gasteiger partial charge in [-0.25, -0.2) is 0 Å². The molecule has 5 nitrogen and oxygen atoms in total. The Bertz CT molecular complexity index is 851. The van der Waals surface area contributed by atoms with E-state index < -0.39 is 0 Å². The second kappa shape index (κ2) is 9.80. The SMILES string of the molecule is O=C(CNc1cccc(Cl)c1)Nc1ccc(Cl)c(C(=O)NC2CCCCC2)c1. The molecular formula is C21H23Cl2N3O2. The van der Waals surface area contributed by atoms with E-state index in [-0.39, 0.29) is 24.4 Å². The number of rotatable bonds is 6. The Morgan fingerprint density at radius 1 is 0.964 bits per heavy atom. The molecule has 2 aromatic carbocycles. The van der Waals surface area contributed by atoms with Crippen molar-refractivity contribution < 1.29 is 9.59 Å². The van der Waals surface area contributed by atoms with Gasteiger partial charge in [-0.05, 0) is 49.2 Å². The predicted octanol–water partition coefficient (Wildman–Crippen LogP) is 5.11. The molecule has 0 aliphatic heterocycles. The molecule has 0 heterocycles. The molecule has 0 spiro atoms. The molecule has 3 N–H and O–H groups in total. The fraction of sp³-hybridized carbons (Fsp3) is 0.333. The Labute approximate surface area is 174 Å². The molecule has 148 valence electrons. The first-order valence-electron chi connectivity index (χ1n) is 9.41. The van der Waals surface area contributed by atoms with Crippen LogP contribution in [0.25, 0.3) is 0 Å². The van der Waals surface area contributed by atoms with Gasteiger partial charge in [0.1, 0.15) is 0 Å². The van der Waals surface area contributed by atoms with Gasteiger partial charge in [0.05, 0.1) is 17.1 Å². The molecule has 0 unspecified atom stereocenters. The molecule has 0 radical (unpaired) electrons. The van der Waals surface area contributed by atoms with E-state index in [1.54, 1.807) is 36.4 Å². The number of hydrogen-bond donors (Lipinski definition) is 3. The molecule has 2 amide bonds. The van der Waals surface area contributed by atoms with Crippen LogP contribution in [0.2, 0.25) is 10.0 Å². The van der Waals surface area contributed by atoms with E-state index in [4.69, 9.17) is 23.2 Å². The highest BCUT2D eigenvalue weighted by Gasteiger charge is 2.19. The summed E-state index contributed by atoms with van der Waals surface area (Å²) in [4.78, 5) is 24.8. The molecule has 1 aliphatic rings. The molecule has 0 saturated heterocycles. The molecular weight excluding hydrogens is 397 g/mol. The van der Waals surface area contributed by atoms with E-state index in [0.717, 1.165) is 31.4 Å². The van der Waals surface area contributed by atoms with E-state index in [2.05, 4.69) is 16.0 Å². The Balaban J connectivity index is 1.58. The number of halogens is 2. The molecule has 1 saturated carbocycles. The van der Waals surface area contributed by atoms with Crippen molar-refractivity contribution in [2.45, 2.75) is 38.1 Å². The monoisotopic (exact) mass is 419 g/mol. The highest BCUT2D eigenvalue weighted by atomic mass is 35.5. The summed E-state index contributed by atoms with van der Waals surface area (Å²) < 4.78 is 0. The summed E-state index contributed by atoms with van der Waals surface area (Å²) in [6.07, 6.45) is 5.48. The van der Waals surface area contributed by atoms with Crippen LogP contribution in [0.5, 0.6) is 0 Å². The van der Waals surface area contributed by atoms with Crippen molar-refractivity contribution in [3.05, 3.63) is 58.1 Å². The van der Waals surface area contributed by atoms with Gasteiger partial charge in [-0.3, -0.25) is 9.59 Å². The van der Waals surface area contributed by atoms with E-state index in [0.29, 0.717) is 21.3 Å². The average molecular weight is 420 g/mol. The Morgan fingerprint density at radius 3 is 2.50 bits per heavy atom. The predicted molar refractivity (Wildman–Crippen MR) is 114 cm³/mol. The van der Waals surface area contributed by atoms with Crippen LogP contribution in [0.15, 0.2) is 42.5 Å². The van der Waals surface area contributed by atoms with Gasteiger partial charge in [-0.15, -0.1) is 0 Å². The van der Waals surface area contributed by atoms with Crippen molar-refractivity contribution in [1.82, 2.24) is 5.32 Å². The molecule has 2 aromatic rings. The lowest BCUT2D eigenvalue weighted by Crippen LogP contribution is -2.36. The number of hydrogen-bond acceptors (Lipinski definition) is 3. The lowest BCUT2D eigenvalue weighted by Gasteiger charge is -2.23. The summed E-state index contributed by atoms with van der Waals surface area (Å²) in [6, 6.07) is 12.2. The minimum Gasteiger partial charge on any atom is -0.376 e. The molecule has 1 aliphatic carbocycles. The first kappa shape index (κ1) is 20.5. The van der Waals surface area contributed by atoms with Crippen molar-refractivity contribution in [2.75, 3.05) is 17.2 Å². The van der Waals surface area contributed by atoms with Crippen molar-refractivity contribution >= 4 is 46.4 Å². The fourth-order valence-corrected chi connectivity index (χ4v) is 3.67. The highest BCUT2D eigenvalue weighted by molar-refractivity contribution is 6.34. The molecule has 3 rings (SSSR count). The van der Waals surface area contributed by atoms with Crippen molar-refractivity contribution in [3.8, 4) is 0 Å². The van der Waals surface area contributed by atoms with Gasteiger partial charge in [0.25, 0.3) is 5.91 Å². The zero-order valence-electron chi connectivity index (χ0n) is 15.4. The summed E-state index contributed by atoms with van der Waals surface area (Å²) >= 11 is 12.1. The molecule has 1 fully saturated rings. The maximum atomic E-state index is 12.6. The Hall–Kier alpha value is -2.24.